The Balaban J connectivity index is 1.47. The Labute approximate surface area is 233 Å². The molecule has 216 valence electrons. The summed E-state index contributed by atoms with van der Waals surface area (Å²) in [4.78, 5) is 39.1. The molecule has 1 aliphatic rings. The Bertz CT molecular complexity index is 1380. The van der Waals surface area contributed by atoms with Crippen LogP contribution in [-0.2, 0) is 21.8 Å². The number of amides is 2. The lowest BCUT2D eigenvalue weighted by atomic mass is 9.83. The van der Waals surface area contributed by atoms with Gasteiger partial charge in [0.15, 0.2) is 5.78 Å². The fourth-order valence-electron chi connectivity index (χ4n) is 3.87. The number of carbonyl (C=O) groups excluding carboxylic acids is 3. The molecule has 0 aliphatic carbocycles. The molecule has 0 radical (unpaired) electrons. The standard InChI is InChI=1S/C27H20F6N2O5S/c28-26(29,30)16-5-3-7-18(11-16)34-23(37)39-13-25(15-41-21-10-2-1-9-20(21)22(25)36)14-40-24(38)35-19-8-4-6-17(12-19)27(31,32)33/h1-12H,13-15H2,(H,34,37)(H,35,38). The van der Waals surface area contributed by atoms with Crippen molar-refractivity contribution in [1.82, 2.24) is 0 Å². The fourth-order valence-corrected chi connectivity index (χ4v) is 5.09. The smallest absolute Gasteiger partial charge is 0.416 e. The zero-order valence-corrected chi connectivity index (χ0v) is 21.6. The number of thioether (sulfide) groups is 1. The van der Waals surface area contributed by atoms with E-state index in [-0.39, 0.29) is 22.7 Å². The molecule has 3 aromatic carbocycles. The Morgan fingerprint density at radius 2 is 1.24 bits per heavy atom. The van der Waals surface area contributed by atoms with Crippen LogP contribution >= 0.6 is 11.8 Å². The van der Waals surface area contributed by atoms with Gasteiger partial charge < -0.3 is 9.47 Å². The van der Waals surface area contributed by atoms with Crippen molar-refractivity contribution in [3.05, 3.63) is 89.5 Å². The predicted molar refractivity (Wildman–Crippen MR) is 137 cm³/mol. The van der Waals surface area contributed by atoms with Gasteiger partial charge >= 0.3 is 24.5 Å². The molecular formula is C27H20F6N2O5S. The number of anilines is 2. The largest absolute Gasteiger partial charge is 0.448 e. The summed E-state index contributed by atoms with van der Waals surface area (Å²) in [6, 6.07) is 14.2. The molecule has 2 amide bonds. The van der Waals surface area contributed by atoms with Gasteiger partial charge in [-0.15, -0.1) is 11.8 Å². The maximum atomic E-state index is 13.5. The fraction of sp³-hybridized carbons (Fsp3) is 0.222. The van der Waals surface area contributed by atoms with Gasteiger partial charge in [-0.25, -0.2) is 9.59 Å². The minimum absolute atomic E-state index is 0.00345. The Kier molecular flexibility index (Phi) is 8.52. The number of carbonyl (C=O) groups is 3. The van der Waals surface area contributed by atoms with E-state index in [1.54, 1.807) is 18.2 Å². The molecule has 0 saturated carbocycles. The van der Waals surface area contributed by atoms with E-state index in [0.29, 0.717) is 17.0 Å². The van der Waals surface area contributed by atoms with Crippen LogP contribution in [0.2, 0.25) is 0 Å². The average molecular weight is 599 g/mol. The van der Waals surface area contributed by atoms with Crippen LogP contribution in [0.3, 0.4) is 0 Å². The molecule has 0 atom stereocenters. The Morgan fingerprint density at radius 1 is 0.756 bits per heavy atom. The Morgan fingerprint density at radius 3 is 1.73 bits per heavy atom. The topological polar surface area (TPSA) is 93.7 Å². The van der Waals surface area contributed by atoms with Crippen molar-refractivity contribution in [2.75, 3.05) is 29.6 Å². The van der Waals surface area contributed by atoms with Crippen molar-refractivity contribution in [3.8, 4) is 0 Å². The van der Waals surface area contributed by atoms with Gasteiger partial charge in [0.25, 0.3) is 0 Å². The number of benzene rings is 3. The maximum Gasteiger partial charge on any atom is 0.416 e. The van der Waals surface area contributed by atoms with Crippen molar-refractivity contribution in [3.63, 3.8) is 0 Å². The number of nitrogens with one attached hydrogen (secondary N) is 2. The van der Waals surface area contributed by atoms with Gasteiger partial charge in [0.05, 0.1) is 11.1 Å². The molecule has 0 bridgehead atoms. The molecular weight excluding hydrogens is 578 g/mol. The first-order chi connectivity index (χ1) is 19.3. The van der Waals surface area contributed by atoms with Crippen molar-refractivity contribution in [1.29, 1.82) is 0 Å². The average Bonchev–Trinajstić information content (AvgIpc) is 2.92. The molecule has 0 saturated heterocycles. The molecule has 0 unspecified atom stereocenters. The Hall–Kier alpha value is -4.20. The number of alkyl halides is 6. The second kappa shape index (κ2) is 11.7. The normalized spacial score (nSPS) is 14.5. The number of hydrogen-bond acceptors (Lipinski definition) is 6. The SMILES string of the molecule is O=C(Nc1cccc(C(F)(F)F)c1)OCC1(COC(=O)Nc2cccc(C(F)(F)F)c2)CSc2ccccc2C1=O. The van der Waals surface area contributed by atoms with Crippen LogP contribution in [-0.4, -0.2) is 36.9 Å². The van der Waals surface area contributed by atoms with E-state index in [2.05, 4.69) is 10.6 Å². The highest BCUT2D eigenvalue weighted by molar-refractivity contribution is 7.99. The highest BCUT2D eigenvalue weighted by atomic mass is 32.2. The number of ketones is 1. The molecule has 4 rings (SSSR count). The van der Waals surface area contributed by atoms with Crippen LogP contribution in [0.25, 0.3) is 0 Å². The molecule has 14 heteroatoms. The minimum Gasteiger partial charge on any atom is -0.448 e. The van der Waals surface area contributed by atoms with Crippen LogP contribution < -0.4 is 10.6 Å². The van der Waals surface area contributed by atoms with Gasteiger partial charge in [-0.05, 0) is 42.5 Å². The van der Waals surface area contributed by atoms with Crippen LogP contribution in [0.5, 0.6) is 0 Å². The minimum atomic E-state index is -4.64. The summed E-state index contributed by atoms with van der Waals surface area (Å²) in [6.07, 6.45) is -11.6. The number of halogens is 6. The van der Waals surface area contributed by atoms with E-state index < -0.39 is 60.1 Å². The molecule has 2 N–H and O–H groups in total. The highest BCUT2D eigenvalue weighted by Gasteiger charge is 2.46. The number of hydrogen-bond donors (Lipinski definition) is 2. The lowest BCUT2D eigenvalue weighted by Crippen LogP contribution is -2.46. The highest BCUT2D eigenvalue weighted by Crippen LogP contribution is 2.41. The number of ether oxygens (including phenoxy) is 2. The zero-order valence-electron chi connectivity index (χ0n) is 20.8. The molecule has 1 aliphatic heterocycles. The van der Waals surface area contributed by atoms with Crippen molar-refractivity contribution in [2.45, 2.75) is 17.2 Å². The first-order valence-electron chi connectivity index (χ1n) is 11.8. The van der Waals surface area contributed by atoms with E-state index in [1.807, 2.05) is 0 Å². The molecule has 0 aromatic heterocycles. The zero-order chi connectivity index (χ0) is 29.8. The van der Waals surface area contributed by atoms with E-state index in [0.717, 1.165) is 24.3 Å². The summed E-state index contributed by atoms with van der Waals surface area (Å²) < 4.78 is 88.3. The summed E-state index contributed by atoms with van der Waals surface area (Å²) in [7, 11) is 0. The van der Waals surface area contributed by atoms with Gasteiger partial charge in [-0.1, -0.05) is 30.3 Å². The molecule has 0 fully saturated rings. The summed E-state index contributed by atoms with van der Waals surface area (Å²) in [5.41, 5.74) is -3.73. The molecule has 3 aromatic rings. The van der Waals surface area contributed by atoms with E-state index >= 15 is 0 Å². The quantitative estimate of drug-likeness (QED) is 0.286. The first kappa shape index (κ1) is 29.8. The van der Waals surface area contributed by atoms with Gasteiger partial charge in [-0.2, -0.15) is 26.3 Å². The van der Waals surface area contributed by atoms with E-state index in [4.69, 9.17) is 9.47 Å². The van der Waals surface area contributed by atoms with Crippen LogP contribution in [0.1, 0.15) is 21.5 Å². The van der Waals surface area contributed by atoms with Crippen LogP contribution in [0.4, 0.5) is 47.3 Å². The van der Waals surface area contributed by atoms with Crippen molar-refractivity contribution >= 4 is 41.1 Å². The second-order valence-electron chi connectivity index (χ2n) is 8.95. The first-order valence-corrected chi connectivity index (χ1v) is 12.7. The lowest BCUT2D eigenvalue weighted by molar-refractivity contribution is -0.138. The lowest BCUT2D eigenvalue weighted by Gasteiger charge is -2.34. The van der Waals surface area contributed by atoms with Crippen LogP contribution in [0, 0.1) is 5.41 Å². The maximum absolute atomic E-state index is 13.5. The molecule has 0 spiro atoms. The number of Topliss-reactive ketones (excluding diaryl/α,β-unsaturated/α-hetero) is 1. The van der Waals surface area contributed by atoms with Crippen LogP contribution in [0.15, 0.2) is 77.7 Å². The third-order valence-corrected chi connectivity index (χ3v) is 7.31. The van der Waals surface area contributed by atoms with Gasteiger partial charge in [0.1, 0.15) is 18.6 Å². The van der Waals surface area contributed by atoms with E-state index in [9.17, 15) is 40.7 Å². The van der Waals surface area contributed by atoms with E-state index in [1.165, 1.54) is 30.0 Å². The number of rotatable bonds is 6. The second-order valence-corrected chi connectivity index (χ2v) is 9.97. The van der Waals surface area contributed by atoms with Gasteiger partial charge in [-0.3, -0.25) is 15.4 Å². The summed E-state index contributed by atoms with van der Waals surface area (Å²) in [6.45, 7) is -1.23. The summed E-state index contributed by atoms with van der Waals surface area (Å²) >= 11 is 1.23. The van der Waals surface area contributed by atoms with Crippen molar-refractivity contribution < 1.29 is 50.2 Å². The van der Waals surface area contributed by atoms with Gasteiger partial charge in [0.2, 0.25) is 0 Å². The monoisotopic (exact) mass is 598 g/mol. The molecule has 41 heavy (non-hydrogen) atoms. The van der Waals surface area contributed by atoms with Crippen molar-refractivity contribution in [2.24, 2.45) is 5.41 Å². The number of fused-ring (bicyclic) bond motifs is 1. The molecule has 7 nitrogen and oxygen atoms in total. The summed E-state index contributed by atoms with van der Waals surface area (Å²) in [5.74, 6) is -0.526. The van der Waals surface area contributed by atoms with Gasteiger partial charge in [0, 0.05) is 27.6 Å². The third kappa shape index (κ3) is 7.31. The molecule has 1 heterocycles. The summed E-state index contributed by atoms with van der Waals surface area (Å²) in [5, 5.41) is 4.34. The predicted octanol–water partition coefficient (Wildman–Crippen LogP) is 7.50. The third-order valence-electron chi connectivity index (χ3n) is 5.95.